The number of nitrogens with zero attached hydrogens (tertiary/aromatic N) is 4. The average molecular weight is 483 g/mol. The minimum atomic E-state index is -0.393. The van der Waals surface area contributed by atoms with Gasteiger partial charge in [-0.25, -0.2) is 0 Å². The topological polar surface area (TPSA) is 109 Å². The van der Waals surface area contributed by atoms with E-state index in [0.717, 1.165) is 18.4 Å². The molecule has 0 radical (unpaired) electrons. The summed E-state index contributed by atoms with van der Waals surface area (Å²) < 4.78 is 11.1. The van der Waals surface area contributed by atoms with Crippen LogP contribution in [0.5, 0.6) is 5.75 Å². The number of amides is 2. The highest BCUT2D eigenvalue weighted by Crippen LogP contribution is 2.39. The van der Waals surface area contributed by atoms with Crippen LogP contribution in [0.3, 0.4) is 0 Å². The third-order valence-corrected chi connectivity index (χ3v) is 6.11. The maximum atomic E-state index is 13.5. The lowest BCUT2D eigenvalue weighted by Crippen LogP contribution is -2.40. The van der Waals surface area contributed by atoms with E-state index < -0.39 is 5.91 Å². The van der Waals surface area contributed by atoms with Gasteiger partial charge in [0.05, 0.1) is 23.7 Å². The fourth-order valence-electron chi connectivity index (χ4n) is 3.90. The second-order valence-corrected chi connectivity index (χ2v) is 8.70. The lowest BCUT2D eigenvalue weighted by molar-refractivity contribution is -0.131. The molecule has 1 aliphatic heterocycles. The molecule has 10 heteroatoms. The molecule has 0 spiro atoms. The van der Waals surface area contributed by atoms with Crippen LogP contribution in [-0.2, 0) is 17.9 Å². The summed E-state index contributed by atoms with van der Waals surface area (Å²) in [4.78, 5) is 29.8. The van der Waals surface area contributed by atoms with E-state index >= 15 is 0 Å². The van der Waals surface area contributed by atoms with E-state index in [0.29, 0.717) is 35.7 Å². The molecule has 2 aromatic carbocycles. The SMILES string of the molecule is O=C1CN(C(=O)c2ccc(OCCO)cc2Cl)c2ccccc2CN1Cc1nnc(C2CC2)o1. The molecule has 0 atom stereocenters. The van der Waals surface area contributed by atoms with Gasteiger partial charge >= 0.3 is 0 Å². The smallest absolute Gasteiger partial charge is 0.260 e. The number of carbonyl (C=O) groups excluding carboxylic acids is 2. The van der Waals surface area contributed by atoms with Gasteiger partial charge in [-0.05, 0) is 42.7 Å². The highest BCUT2D eigenvalue weighted by atomic mass is 35.5. The van der Waals surface area contributed by atoms with Crippen molar-refractivity contribution in [2.45, 2.75) is 31.8 Å². The first kappa shape index (κ1) is 22.4. The summed E-state index contributed by atoms with van der Waals surface area (Å²) in [6, 6.07) is 12.1. The number of aliphatic hydroxyl groups excluding tert-OH is 1. The first-order chi connectivity index (χ1) is 16.5. The third kappa shape index (κ3) is 4.62. The molecule has 9 nitrogen and oxygen atoms in total. The van der Waals surface area contributed by atoms with E-state index in [9.17, 15) is 9.59 Å². The lowest BCUT2D eigenvalue weighted by atomic mass is 10.1. The Morgan fingerprint density at radius 2 is 2.00 bits per heavy atom. The van der Waals surface area contributed by atoms with Crippen LogP contribution >= 0.6 is 11.6 Å². The molecule has 5 rings (SSSR count). The van der Waals surface area contributed by atoms with Gasteiger partial charge in [-0.2, -0.15) is 0 Å². The Kier molecular flexibility index (Phi) is 6.21. The Morgan fingerprint density at radius 3 is 2.76 bits per heavy atom. The maximum Gasteiger partial charge on any atom is 0.260 e. The molecule has 2 amide bonds. The molecule has 1 aromatic heterocycles. The van der Waals surface area contributed by atoms with Crippen molar-refractivity contribution in [1.82, 2.24) is 15.1 Å². The molecule has 2 heterocycles. The number of halogens is 1. The molecule has 0 saturated heterocycles. The third-order valence-electron chi connectivity index (χ3n) is 5.80. The normalized spacial score (nSPS) is 15.8. The number of hydrogen-bond donors (Lipinski definition) is 1. The second-order valence-electron chi connectivity index (χ2n) is 8.29. The van der Waals surface area contributed by atoms with Crippen LogP contribution in [0.2, 0.25) is 5.02 Å². The monoisotopic (exact) mass is 482 g/mol. The van der Waals surface area contributed by atoms with Gasteiger partial charge < -0.3 is 19.2 Å². The molecular weight excluding hydrogens is 460 g/mol. The fourth-order valence-corrected chi connectivity index (χ4v) is 4.16. The minimum absolute atomic E-state index is 0.121. The molecule has 3 aromatic rings. The van der Waals surface area contributed by atoms with Crippen molar-refractivity contribution in [2.24, 2.45) is 0 Å². The van der Waals surface area contributed by atoms with Gasteiger partial charge in [0.2, 0.25) is 17.7 Å². The summed E-state index contributed by atoms with van der Waals surface area (Å²) >= 11 is 6.38. The van der Waals surface area contributed by atoms with E-state index in [1.807, 2.05) is 24.3 Å². The van der Waals surface area contributed by atoms with Gasteiger partial charge in [-0.1, -0.05) is 29.8 Å². The van der Waals surface area contributed by atoms with Crippen molar-refractivity contribution in [3.63, 3.8) is 0 Å². The first-order valence-electron chi connectivity index (χ1n) is 11.1. The predicted octanol–water partition coefficient (Wildman–Crippen LogP) is 3.16. The zero-order valence-electron chi connectivity index (χ0n) is 18.3. The summed E-state index contributed by atoms with van der Waals surface area (Å²) in [5, 5.41) is 17.3. The van der Waals surface area contributed by atoms with E-state index in [1.165, 1.54) is 11.0 Å². The number of anilines is 1. The zero-order chi connectivity index (χ0) is 23.7. The summed E-state index contributed by atoms with van der Waals surface area (Å²) in [5.41, 5.74) is 1.71. The van der Waals surface area contributed by atoms with Gasteiger partial charge in [0.15, 0.2) is 0 Å². The number of aromatic nitrogens is 2. The van der Waals surface area contributed by atoms with Crippen molar-refractivity contribution >= 4 is 29.1 Å². The number of hydrogen-bond acceptors (Lipinski definition) is 7. The van der Waals surface area contributed by atoms with Crippen LogP contribution in [0.4, 0.5) is 5.69 Å². The number of para-hydroxylation sites is 1. The first-order valence-corrected chi connectivity index (χ1v) is 11.4. The number of fused-ring (bicyclic) bond motifs is 1. The van der Waals surface area contributed by atoms with Crippen LogP contribution in [0.1, 0.15) is 46.5 Å². The molecule has 1 saturated carbocycles. The number of ether oxygens (including phenoxy) is 1. The highest BCUT2D eigenvalue weighted by Gasteiger charge is 2.33. The van der Waals surface area contributed by atoms with Gasteiger partial charge in [0.1, 0.15) is 18.9 Å². The van der Waals surface area contributed by atoms with Crippen molar-refractivity contribution in [3.8, 4) is 5.75 Å². The molecular formula is C24H23ClN4O5. The molecule has 1 N–H and O–H groups in total. The molecule has 34 heavy (non-hydrogen) atoms. The van der Waals surface area contributed by atoms with Crippen LogP contribution in [0.15, 0.2) is 46.9 Å². The van der Waals surface area contributed by atoms with Crippen LogP contribution in [-0.4, -0.2) is 51.8 Å². The van der Waals surface area contributed by atoms with Gasteiger partial charge in [0, 0.05) is 18.2 Å². The maximum absolute atomic E-state index is 13.5. The van der Waals surface area contributed by atoms with Crippen molar-refractivity contribution < 1.29 is 23.8 Å². The molecule has 1 aliphatic carbocycles. The summed E-state index contributed by atoms with van der Waals surface area (Å²) in [6.45, 7) is 0.315. The Morgan fingerprint density at radius 1 is 1.18 bits per heavy atom. The van der Waals surface area contributed by atoms with Gasteiger partial charge in [-0.15, -0.1) is 10.2 Å². The Bertz CT molecular complexity index is 1230. The summed E-state index contributed by atoms with van der Waals surface area (Å²) in [6.07, 6.45) is 2.09. The van der Waals surface area contributed by atoms with E-state index in [4.69, 9.17) is 25.9 Å². The van der Waals surface area contributed by atoms with Crippen LogP contribution < -0.4 is 9.64 Å². The molecule has 1 fully saturated rings. The Balaban J connectivity index is 1.40. The summed E-state index contributed by atoms with van der Waals surface area (Å²) in [7, 11) is 0. The fraction of sp³-hybridized carbons (Fsp3) is 0.333. The average Bonchev–Trinajstić information content (AvgIpc) is 3.61. The minimum Gasteiger partial charge on any atom is -0.491 e. The zero-order valence-corrected chi connectivity index (χ0v) is 19.1. The predicted molar refractivity (Wildman–Crippen MR) is 123 cm³/mol. The largest absolute Gasteiger partial charge is 0.491 e. The second kappa shape index (κ2) is 9.44. The van der Waals surface area contributed by atoms with Crippen molar-refractivity contribution in [3.05, 3.63) is 70.4 Å². The molecule has 0 unspecified atom stereocenters. The van der Waals surface area contributed by atoms with Crippen LogP contribution in [0, 0.1) is 0 Å². The molecule has 176 valence electrons. The highest BCUT2D eigenvalue weighted by molar-refractivity contribution is 6.34. The van der Waals surface area contributed by atoms with E-state index in [-0.39, 0.29) is 42.8 Å². The van der Waals surface area contributed by atoms with Gasteiger partial charge in [-0.3, -0.25) is 14.5 Å². The van der Waals surface area contributed by atoms with Crippen molar-refractivity contribution in [1.29, 1.82) is 0 Å². The number of rotatable bonds is 7. The number of carbonyl (C=O) groups is 2. The Labute approximate surface area is 200 Å². The number of benzene rings is 2. The van der Waals surface area contributed by atoms with Gasteiger partial charge in [0.25, 0.3) is 5.91 Å². The van der Waals surface area contributed by atoms with Crippen LogP contribution in [0.25, 0.3) is 0 Å². The Hall–Kier alpha value is -3.43. The van der Waals surface area contributed by atoms with E-state index in [1.54, 1.807) is 17.0 Å². The number of aliphatic hydroxyl groups is 1. The summed E-state index contributed by atoms with van der Waals surface area (Å²) in [5.74, 6) is 1.15. The lowest BCUT2D eigenvalue weighted by Gasteiger charge is -2.23. The standard InChI is InChI=1S/C24H23ClN4O5/c25-19-11-17(33-10-9-30)7-8-18(19)24(32)29-14-22(31)28(12-16-3-1-2-4-20(16)29)13-21-26-27-23(34-21)15-5-6-15/h1-4,7-8,11,15,30H,5-6,9-10,12-14H2. The quantitative estimate of drug-likeness (QED) is 0.551. The van der Waals surface area contributed by atoms with Crippen molar-refractivity contribution in [2.75, 3.05) is 24.7 Å². The van der Waals surface area contributed by atoms with E-state index in [2.05, 4.69) is 10.2 Å². The molecule has 2 aliphatic rings. The molecule has 0 bridgehead atoms.